The standard InChI is InChI=1S/C4H11N.C3H4O2/c1-4-5(2)3;1-2-3(4)5/h4H2,1-3H3;2H,1H2,(H,4,5)/p-1. The second-order valence-electron chi connectivity index (χ2n) is 1.92. The molecule has 0 rings (SSSR count). The van der Waals surface area contributed by atoms with Crippen LogP contribution in [0, 0.1) is 0 Å². The van der Waals surface area contributed by atoms with Crippen molar-refractivity contribution in [2.75, 3.05) is 20.6 Å². The summed E-state index contributed by atoms with van der Waals surface area (Å²) in [5, 5.41) is 9.14. The van der Waals surface area contributed by atoms with Crippen LogP contribution in [0.25, 0.3) is 0 Å². The lowest BCUT2D eigenvalue weighted by Gasteiger charge is -2.00. The van der Waals surface area contributed by atoms with Crippen molar-refractivity contribution in [3.8, 4) is 0 Å². The van der Waals surface area contributed by atoms with Crippen LogP contribution in [-0.4, -0.2) is 31.5 Å². The fourth-order valence-electron chi connectivity index (χ4n) is 0. The molecular formula is C7H14NO2-. The lowest BCUT2D eigenvalue weighted by atomic mass is 10.7. The summed E-state index contributed by atoms with van der Waals surface area (Å²) in [5.41, 5.74) is 0. The molecule has 0 amide bonds. The first kappa shape index (κ1) is 11.9. The van der Waals surface area contributed by atoms with Crippen LogP contribution in [0.2, 0.25) is 0 Å². The third kappa shape index (κ3) is 27.2. The lowest BCUT2D eigenvalue weighted by Crippen LogP contribution is -2.17. The summed E-state index contributed by atoms with van der Waals surface area (Å²) in [6, 6.07) is 0. The van der Waals surface area contributed by atoms with Gasteiger partial charge in [0.25, 0.3) is 0 Å². The van der Waals surface area contributed by atoms with Crippen molar-refractivity contribution in [2.24, 2.45) is 0 Å². The van der Waals surface area contributed by atoms with Gasteiger partial charge in [0.1, 0.15) is 0 Å². The van der Waals surface area contributed by atoms with E-state index in [9.17, 15) is 0 Å². The van der Waals surface area contributed by atoms with Gasteiger partial charge in [0, 0.05) is 0 Å². The summed E-state index contributed by atoms with van der Waals surface area (Å²) in [5.74, 6) is -1.23. The predicted molar refractivity (Wildman–Crippen MR) is 39.4 cm³/mol. The first-order valence-electron chi connectivity index (χ1n) is 3.02. The molecule has 0 radical (unpaired) electrons. The number of nitrogens with zero attached hydrogens (tertiary/aromatic N) is 1. The number of hydrogen-bond donors (Lipinski definition) is 0. The molecule has 0 unspecified atom stereocenters. The molecule has 0 aromatic carbocycles. The number of carbonyl (C=O) groups excluding carboxylic acids is 1. The van der Waals surface area contributed by atoms with Crippen LogP contribution >= 0.6 is 0 Å². The van der Waals surface area contributed by atoms with Crippen molar-refractivity contribution in [3.05, 3.63) is 12.7 Å². The van der Waals surface area contributed by atoms with Gasteiger partial charge in [0.05, 0.1) is 5.97 Å². The Morgan fingerprint density at radius 3 is 1.90 bits per heavy atom. The third-order valence-electron chi connectivity index (χ3n) is 0.799. The van der Waals surface area contributed by atoms with Gasteiger partial charge in [-0.2, -0.15) is 0 Å². The summed E-state index contributed by atoms with van der Waals surface area (Å²) in [4.78, 5) is 11.3. The molecule has 0 aliphatic rings. The molecule has 0 N–H and O–H groups in total. The molecule has 60 valence electrons. The minimum absolute atomic E-state index is 0.722. The van der Waals surface area contributed by atoms with Gasteiger partial charge in [0.2, 0.25) is 0 Å². The Balaban J connectivity index is 0. The minimum Gasteiger partial charge on any atom is -0.545 e. The van der Waals surface area contributed by atoms with Gasteiger partial charge < -0.3 is 14.8 Å². The van der Waals surface area contributed by atoms with E-state index >= 15 is 0 Å². The predicted octanol–water partition coefficient (Wildman–Crippen LogP) is -0.510. The van der Waals surface area contributed by atoms with Crippen LogP contribution in [0.5, 0.6) is 0 Å². The first-order chi connectivity index (χ1) is 4.54. The molecule has 0 fully saturated rings. The highest BCUT2D eigenvalue weighted by Crippen LogP contribution is 1.63. The van der Waals surface area contributed by atoms with Crippen LogP contribution in [0.4, 0.5) is 0 Å². The highest BCUT2D eigenvalue weighted by molar-refractivity contribution is 5.76. The van der Waals surface area contributed by atoms with E-state index in [1.165, 1.54) is 0 Å². The SMILES string of the molecule is C=CC(=O)[O-].CCN(C)C. The molecule has 3 nitrogen and oxygen atoms in total. The van der Waals surface area contributed by atoms with E-state index in [0.29, 0.717) is 0 Å². The van der Waals surface area contributed by atoms with Crippen molar-refractivity contribution in [1.82, 2.24) is 4.90 Å². The quantitative estimate of drug-likeness (QED) is 0.490. The molecule has 0 spiro atoms. The molecule has 10 heavy (non-hydrogen) atoms. The number of hydrogen-bond acceptors (Lipinski definition) is 3. The topological polar surface area (TPSA) is 43.4 Å². The third-order valence-corrected chi connectivity index (χ3v) is 0.799. The normalized spacial score (nSPS) is 8.00. The largest absolute Gasteiger partial charge is 0.545 e. The Morgan fingerprint density at radius 2 is 1.90 bits per heavy atom. The van der Waals surface area contributed by atoms with Crippen LogP contribution in [0.15, 0.2) is 12.7 Å². The Kier molecular flexibility index (Phi) is 9.73. The monoisotopic (exact) mass is 144 g/mol. The molecule has 3 heteroatoms. The summed E-state index contributed by atoms with van der Waals surface area (Å²) in [6.07, 6.45) is 0.722. The Hall–Kier alpha value is -0.830. The smallest absolute Gasteiger partial charge is 0.0636 e. The van der Waals surface area contributed by atoms with Gasteiger partial charge in [0.15, 0.2) is 0 Å². The van der Waals surface area contributed by atoms with Crippen molar-refractivity contribution in [1.29, 1.82) is 0 Å². The maximum atomic E-state index is 9.14. The molecule has 0 atom stereocenters. The minimum atomic E-state index is -1.23. The molecular weight excluding hydrogens is 130 g/mol. The number of carbonyl (C=O) groups is 1. The van der Waals surface area contributed by atoms with Gasteiger partial charge in [-0.15, -0.1) is 0 Å². The highest BCUT2D eigenvalue weighted by atomic mass is 16.4. The van der Waals surface area contributed by atoms with E-state index in [0.717, 1.165) is 12.6 Å². The molecule has 0 saturated heterocycles. The van der Waals surface area contributed by atoms with E-state index in [1.54, 1.807) is 0 Å². The van der Waals surface area contributed by atoms with Gasteiger partial charge in [-0.05, 0) is 26.7 Å². The molecule has 0 bridgehead atoms. The fourth-order valence-corrected chi connectivity index (χ4v) is 0. The molecule has 0 heterocycles. The van der Waals surface area contributed by atoms with E-state index in [4.69, 9.17) is 9.90 Å². The van der Waals surface area contributed by atoms with E-state index in [-0.39, 0.29) is 0 Å². The van der Waals surface area contributed by atoms with E-state index < -0.39 is 5.97 Å². The van der Waals surface area contributed by atoms with Crippen LogP contribution in [0.1, 0.15) is 6.92 Å². The zero-order valence-corrected chi connectivity index (χ0v) is 6.76. The number of aliphatic carboxylic acids is 1. The fraction of sp³-hybridized carbons (Fsp3) is 0.571. The second-order valence-corrected chi connectivity index (χ2v) is 1.92. The molecule has 0 saturated carbocycles. The van der Waals surface area contributed by atoms with Crippen molar-refractivity contribution >= 4 is 5.97 Å². The Morgan fingerprint density at radius 1 is 1.70 bits per heavy atom. The first-order valence-corrected chi connectivity index (χ1v) is 3.02. The van der Waals surface area contributed by atoms with E-state index in [2.05, 4.69) is 32.5 Å². The molecule has 0 aliphatic heterocycles. The zero-order chi connectivity index (χ0) is 8.57. The lowest BCUT2D eigenvalue weighted by molar-refractivity contribution is -0.297. The van der Waals surface area contributed by atoms with Crippen LogP contribution in [-0.2, 0) is 4.79 Å². The zero-order valence-electron chi connectivity index (χ0n) is 6.76. The average Bonchev–Trinajstić information content (AvgIpc) is 1.89. The molecule has 0 aromatic heterocycles. The van der Waals surface area contributed by atoms with Crippen molar-refractivity contribution < 1.29 is 9.90 Å². The number of carboxylic acids is 1. The summed E-state index contributed by atoms with van der Waals surface area (Å²) in [6.45, 7) is 6.16. The average molecular weight is 144 g/mol. The maximum Gasteiger partial charge on any atom is 0.0636 e. The number of rotatable bonds is 2. The summed E-state index contributed by atoms with van der Waals surface area (Å²) in [7, 11) is 4.11. The van der Waals surface area contributed by atoms with Crippen LogP contribution in [0.3, 0.4) is 0 Å². The van der Waals surface area contributed by atoms with Crippen LogP contribution < -0.4 is 5.11 Å². The Labute approximate surface area is 62.0 Å². The second kappa shape index (κ2) is 8.17. The summed E-state index contributed by atoms with van der Waals surface area (Å²) < 4.78 is 0. The van der Waals surface area contributed by atoms with E-state index in [1.807, 2.05) is 0 Å². The highest BCUT2D eigenvalue weighted by Gasteiger charge is 1.72. The number of carboxylic acid groups (broad SMARTS) is 1. The maximum absolute atomic E-state index is 9.14. The summed E-state index contributed by atoms with van der Waals surface area (Å²) >= 11 is 0. The van der Waals surface area contributed by atoms with Gasteiger partial charge in [-0.3, -0.25) is 0 Å². The molecule has 0 aliphatic carbocycles. The molecule has 0 aromatic rings. The van der Waals surface area contributed by atoms with Crippen molar-refractivity contribution in [3.63, 3.8) is 0 Å². The van der Waals surface area contributed by atoms with Gasteiger partial charge in [-0.1, -0.05) is 13.5 Å². The van der Waals surface area contributed by atoms with Gasteiger partial charge in [-0.25, -0.2) is 0 Å². The van der Waals surface area contributed by atoms with Crippen molar-refractivity contribution in [2.45, 2.75) is 6.92 Å². The van der Waals surface area contributed by atoms with Gasteiger partial charge >= 0.3 is 0 Å². The Bertz CT molecular complexity index is 99.8.